The van der Waals surface area contributed by atoms with Crippen molar-refractivity contribution in [3.8, 4) is 11.5 Å². The first-order valence-corrected chi connectivity index (χ1v) is 8.24. The molecule has 0 atom stereocenters. The molecule has 1 aromatic carbocycles. The van der Waals surface area contributed by atoms with E-state index >= 15 is 0 Å². The Morgan fingerprint density at radius 3 is 2.80 bits per heavy atom. The number of aromatic nitrogens is 2. The van der Waals surface area contributed by atoms with E-state index in [1.807, 2.05) is 47.5 Å². The van der Waals surface area contributed by atoms with E-state index in [9.17, 15) is 4.79 Å². The summed E-state index contributed by atoms with van der Waals surface area (Å²) in [5, 5.41) is 0. The van der Waals surface area contributed by atoms with Gasteiger partial charge in [0.15, 0.2) is 18.1 Å². The third-order valence-electron chi connectivity index (χ3n) is 4.44. The third-order valence-corrected chi connectivity index (χ3v) is 4.44. The maximum atomic E-state index is 12.6. The van der Waals surface area contributed by atoms with Gasteiger partial charge in [-0.25, -0.2) is 4.98 Å². The number of imidazole rings is 1. The van der Waals surface area contributed by atoms with Gasteiger partial charge in [-0.2, -0.15) is 0 Å². The molecule has 0 saturated carbocycles. The number of hydrogen-bond acceptors (Lipinski definition) is 4. The molecule has 1 amide bonds. The Kier molecular flexibility index (Phi) is 4.01. The normalized spacial score (nSPS) is 13.6. The highest BCUT2D eigenvalue weighted by atomic mass is 16.5. The maximum Gasteiger partial charge on any atom is 0.260 e. The number of rotatable bonds is 4. The van der Waals surface area contributed by atoms with Crippen molar-refractivity contribution in [3.05, 3.63) is 60.0 Å². The first kappa shape index (κ1) is 15.5. The van der Waals surface area contributed by atoms with Crippen LogP contribution in [-0.2, 0) is 17.8 Å². The Morgan fingerprint density at radius 2 is 1.96 bits per heavy atom. The van der Waals surface area contributed by atoms with Gasteiger partial charge in [-0.05, 0) is 24.3 Å². The number of carbonyl (C=O) groups is 1. The average Bonchev–Trinajstić information content (AvgIpc) is 3.04. The topological polar surface area (TPSA) is 56.1 Å². The first-order chi connectivity index (χ1) is 12.3. The quantitative estimate of drug-likeness (QED) is 0.733. The van der Waals surface area contributed by atoms with Gasteiger partial charge in [-0.3, -0.25) is 4.79 Å². The molecule has 4 rings (SSSR count). The van der Waals surface area contributed by atoms with Crippen molar-refractivity contribution in [2.24, 2.45) is 0 Å². The molecule has 0 unspecified atom stereocenters. The molecule has 0 bridgehead atoms. The highest BCUT2D eigenvalue weighted by Crippen LogP contribution is 2.26. The van der Waals surface area contributed by atoms with Gasteiger partial charge >= 0.3 is 0 Å². The van der Waals surface area contributed by atoms with Crippen LogP contribution in [0.15, 0.2) is 48.7 Å². The predicted molar refractivity (Wildman–Crippen MR) is 92.8 cm³/mol. The van der Waals surface area contributed by atoms with Gasteiger partial charge in [0.1, 0.15) is 5.65 Å². The van der Waals surface area contributed by atoms with Crippen LogP contribution >= 0.6 is 0 Å². The third kappa shape index (κ3) is 2.91. The van der Waals surface area contributed by atoms with Gasteiger partial charge in [-0.15, -0.1) is 0 Å². The van der Waals surface area contributed by atoms with E-state index in [4.69, 9.17) is 9.47 Å². The Labute approximate surface area is 145 Å². The van der Waals surface area contributed by atoms with Crippen molar-refractivity contribution in [1.82, 2.24) is 14.3 Å². The number of pyridine rings is 1. The number of hydrogen-bond donors (Lipinski definition) is 0. The zero-order chi connectivity index (χ0) is 17.2. The van der Waals surface area contributed by atoms with E-state index in [1.165, 1.54) is 0 Å². The standard InChI is InChI=1S/C19H19N3O3/c1-24-16-6-2-3-7-17(16)25-13-19(23)21-11-9-14-15(12-21)22-10-5-4-8-18(22)20-14/h2-8,10H,9,11-13H2,1H3. The Balaban J connectivity index is 1.47. The number of carbonyl (C=O) groups excluding carboxylic acids is 1. The molecule has 6 heteroatoms. The summed E-state index contributed by atoms with van der Waals surface area (Å²) in [7, 11) is 1.58. The highest BCUT2D eigenvalue weighted by Gasteiger charge is 2.25. The largest absolute Gasteiger partial charge is 0.493 e. The fourth-order valence-electron chi connectivity index (χ4n) is 3.15. The molecule has 0 saturated heterocycles. The molecular formula is C19H19N3O3. The number of methoxy groups -OCH3 is 1. The molecule has 6 nitrogen and oxygen atoms in total. The molecule has 128 valence electrons. The van der Waals surface area contributed by atoms with Crippen LogP contribution in [0.1, 0.15) is 11.4 Å². The number of nitrogens with zero attached hydrogens (tertiary/aromatic N) is 3. The zero-order valence-electron chi connectivity index (χ0n) is 14.0. The molecule has 2 aromatic heterocycles. The lowest BCUT2D eigenvalue weighted by molar-refractivity contribution is -0.134. The minimum atomic E-state index is -0.0394. The minimum absolute atomic E-state index is 0.00750. The Hall–Kier alpha value is -3.02. The molecule has 25 heavy (non-hydrogen) atoms. The summed E-state index contributed by atoms with van der Waals surface area (Å²) < 4.78 is 13.0. The summed E-state index contributed by atoms with van der Waals surface area (Å²) in [6.45, 7) is 1.20. The van der Waals surface area contributed by atoms with Crippen LogP contribution in [0.4, 0.5) is 0 Å². The van der Waals surface area contributed by atoms with E-state index in [0.29, 0.717) is 24.6 Å². The van der Waals surface area contributed by atoms with Crippen molar-refractivity contribution in [1.29, 1.82) is 0 Å². The second kappa shape index (κ2) is 6.47. The summed E-state index contributed by atoms with van der Waals surface area (Å²) in [6, 6.07) is 13.3. The summed E-state index contributed by atoms with van der Waals surface area (Å²) in [5.74, 6) is 1.16. The van der Waals surface area contributed by atoms with E-state index in [1.54, 1.807) is 13.2 Å². The highest BCUT2D eigenvalue weighted by molar-refractivity contribution is 5.78. The molecule has 3 heterocycles. The lowest BCUT2D eigenvalue weighted by Gasteiger charge is -2.26. The minimum Gasteiger partial charge on any atom is -0.493 e. The van der Waals surface area contributed by atoms with Gasteiger partial charge in [0.05, 0.1) is 25.0 Å². The Morgan fingerprint density at radius 1 is 1.16 bits per heavy atom. The summed E-state index contributed by atoms with van der Waals surface area (Å²) in [5.41, 5.74) is 3.07. The van der Waals surface area contributed by atoms with Crippen LogP contribution < -0.4 is 9.47 Å². The smallest absolute Gasteiger partial charge is 0.260 e. The van der Waals surface area contributed by atoms with E-state index < -0.39 is 0 Å². The molecule has 3 aromatic rings. The van der Waals surface area contributed by atoms with Crippen molar-refractivity contribution in [2.75, 3.05) is 20.3 Å². The van der Waals surface area contributed by atoms with E-state index in [-0.39, 0.29) is 12.5 Å². The fraction of sp³-hybridized carbons (Fsp3) is 0.263. The molecule has 0 spiro atoms. The van der Waals surface area contributed by atoms with Crippen LogP contribution in [0.5, 0.6) is 11.5 Å². The van der Waals surface area contributed by atoms with Gasteiger partial charge in [0.25, 0.3) is 5.91 Å². The number of ether oxygens (including phenoxy) is 2. The molecule has 0 fully saturated rings. The lowest BCUT2D eigenvalue weighted by atomic mass is 10.1. The monoisotopic (exact) mass is 337 g/mol. The van der Waals surface area contributed by atoms with Gasteiger partial charge in [-0.1, -0.05) is 18.2 Å². The molecule has 0 radical (unpaired) electrons. The predicted octanol–water partition coefficient (Wildman–Crippen LogP) is 2.31. The summed E-state index contributed by atoms with van der Waals surface area (Å²) >= 11 is 0. The summed E-state index contributed by atoms with van der Waals surface area (Å²) in [4.78, 5) is 19.0. The van der Waals surface area contributed by atoms with Crippen LogP contribution in [0.25, 0.3) is 5.65 Å². The van der Waals surface area contributed by atoms with Crippen LogP contribution in [0, 0.1) is 0 Å². The van der Waals surface area contributed by atoms with Crippen LogP contribution in [0.2, 0.25) is 0 Å². The molecule has 1 aliphatic heterocycles. The van der Waals surface area contributed by atoms with Gasteiger partial charge in [0.2, 0.25) is 0 Å². The second-order valence-electron chi connectivity index (χ2n) is 5.94. The number of fused-ring (bicyclic) bond motifs is 3. The van der Waals surface area contributed by atoms with Crippen molar-refractivity contribution < 1.29 is 14.3 Å². The zero-order valence-corrected chi connectivity index (χ0v) is 14.0. The number of para-hydroxylation sites is 2. The van der Waals surface area contributed by atoms with Crippen molar-refractivity contribution >= 4 is 11.6 Å². The molecule has 1 aliphatic rings. The maximum absolute atomic E-state index is 12.6. The van der Waals surface area contributed by atoms with E-state index in [0.717, 1.165) is 23.5 Å². The van der Waals surface area contributed by atoms with E-state index in [2.05, 4.69) is 9.38 Å². The molecule has 0 N–H and O–H groups in total. The summed E-state index contributed by atoms with van der Waals surface area (Å²) in [6.07, 6.45) is 2.75. The van der Waals surface area contributed by atoms with Gasteiger partial charge in [0, 0.05) is 19.2 Å². The number of amides is 1. The lowest BCUT2D eigenvalue weighted by Crippen LogP contribution is -2.39. The first-order valence-electron chi connectivity index (χ1n) is 8.24. The molecular weight excluding hydrogens is 318 g/mol. The van der Waals surface area contributed by atoms with Crippen LogP contribution in [-0.4, -0.2) is 40.5 Å². The molecule has 0 aliphatic carbocycles. The fourth-order valence-corrected chi connectivity index (χ4v) is 3.15. The number of benzene rings is 1. The van der Waals surface area contributed by atoms with Crippen molar-refractivity contribution in [3.63, 3.8) is 0 Å². The second-order valence-corrected chi connectivity index (χ2v) is 5.94. The van der Waals surface area contributed by atoms with Crippen LogP contribution in [0.3, 0.4) is 0 Å². The average molecular weight is 337 g/mol. The van der Waals surface area contributed by atoms with Gasteiger partial charge < -0.3 is 18.8 Å². The van der Waals surface area contributed by atoms with Crippen molar-refractivity contribution in [2.45, 2.75) is 13.0 Å². The Bertz CT molecular complexity index is 919. The SMILES string of the molecule is COc1ccccc1OCC(=O)N1CCc2nc3ccccn3c2C1.